The lowest BCUT2D eigenvalue weighted by Crippen LogP contribution is -2.28. The Balaban J connectivity index is 2.37. The van der Waals surface area contributed by atoms with Crippen molar-refractivity contribution < 1.29 is 9.68 Å². The summed E-state index contributed by atoms with van der Waals surface area (Å²) in [6, 6.07) is 4.01. The second-order valence-electron chi connectivity index (χ2n) is 3.99. The quantitative estimate of drug-likeness (QED) is 0.747. The van der Waals surface area contributed by atoms with Gasteiger partial charge in [0.25, 0.3) is 0 Å². The highest BCUT2D eigenvalue weighted by molar-refractivity contribution is 6.61. The van der Waals surface area contributed by atoms with Crippen molar-refractivity contribution >= 4 is 29.9 Å². The molecule has 15 heavy (non-hydrogen) atoms. The minimum atomic E-state index is -0.815. The van der Waals surface area contributed by atoms with E-state index in [1.54, 1.807) is 0 Å². The molecule has 80 valence electrons. The minimum Gasteiger partial charge on any atom is -0.423 e. The standard InChI is InChI=1S/C10H13BClNO2/c1-6(2)13-10-4-8-7(3-9(10)12)5-15-11(8)14/h3-4,6,13-14H,5H2,1-2H3. The van der Waals surface area contributed by atoms with Crippen LogP contribution in [0.15, 0.2) is 12.1 Å². The Labute approximate surface area is 94.5 Å². The molecule has 0 saturated heterocycles. The maximum absolute atomic E-state index is 9.54. The van der Waals surface area contributed by atoms with E-state index in [0.717, 1.165) is 16.7 Å². The van der Waals surface area contributed by atoms with Crippen molar-refractivity contribution in [2.24, 2.45) is 0 Å². The zero-order valence-electron chi connectivity index (χ0n) is 8.75. The molecule has 1 heterocycles. The highest BCUT2D eigenvalue weighted by atomic mass is 35.5. The molecule has 0 spiro atoms. The van der Waals surface area contributed by atoms with Crippen molar-refractivity contribution in [2.45, 2.75) is 26.5 Å². The maximum Gasteiger partial charge on any atom is 0.491 e. The van der Waals surface area contributed by atoms with E-state index in [1.165, 1.54) is 0 Å². The van der Waals surface area contributed by atoms with Crippen molar-refractivity contribution in [3.63, 3.8) is 0 Å². The minimum absolute atomic E-state index is 0.306. The van der Waals surface area contributed by atoms with Gasteiger partial charge in [0.2, 0.25) is 0 Å². The molecule has 3 nitrogen and oxygen atoms in total. The van der Waals surface area contributed by atoms with Crippen LogP contribution in [0.5, 0.6) is 0 Å². The van der Waals surface area contributed by atoms with Gasteiger partial charge in [-0.2, -0.15) is 0 Å². The lowest BCUT2D eigenvalue weighted by atomic mass is 9.79. The highest BCUT2D eigenvalue weighted by Gasteiger charge is 2.28. The first-order chi connectivity index (χ1) is 7.08. The van der Waals surface area contributed by atoms with E-state index in [-0.39, 0.29) is 0 Å². The number of halogens is 1. The van der Waals surface area contributed by atoms with Crippen LogP contribution in [0.1, 0.15) is 19.4 Å². The Bertz CT molecular complexity index is 384. The van der Waals surface area contributed by atoms with Crippen LogP contribution in [-0.2, 0) is 11.3 Å². The lowest BCUT2D eigenvalue weighted by Gasteiger charge is -2.13. The van der Waals surface area contributed by atoms with Crippen LogP contribution in [0, 0.1) is 0 Å². The summed E-state index contributed by atoms with van der Waals surface area (Å²) in [4.78, 5) is 0. The summed E-state index contributed by atoms with van der Waals surface area (Å²) in [5.74, 6) is 0. The van der Waals surface area contributed by atoms with Crippen LogP contribution in [0.3, 0.4) is 0 Å². The van der Waals surface area contributed by atoms with E-state index in [1.807, 2.05) is 26.0 Å². The maximum atomic E-state index is 9.54. The van der Waals surface area contributed by atoms with Gasteiger partial charge >= 0.3 is 7.12 Å². The third kappa shape index (κ3) is 2.12. The zero-order chi connectivity index (χ0) is 11.0. The van der Waals surface area contributed by atoms with Crippen molar-refractivity contribution in [3.8, 4) is 0 Å². The van der Waals surface area contributed by atoms with Crippen molar-refractivity contribution in [3.05, 3.63) is 22.7 Å². The Kier molecular flexibility index (Phi) is 2.91. The van der Waals surface area contributed by atoms with Gasteiger partial charge in [-0.1, -0.05) is 11.6 Å². The van der Waals surface area contributed by atoms with Crippen LogP contribution < -0.4 is 10.8 Å². The summed E-state index contributed by atoms with van der Waals surface area (Å²) in [5.41, 5.74) is 2.61. The fraction of sp³-hybridized carbons (Fsp3) is 0.400. The number of rotatable bonds is 2. The molecule has 1 aliphatic heterocycles. The Hall–Kier alpha value is -0.705. The fourth-order valence-electron chi connectivity index (χ4n) is 1.67. The number of hydrogen-bond acceptors (Lipinski definition) is 3. The summed E-state index contributed by atoms with van der Waals surface area (Å²) in [6.07, 6.45) is 0. The van der Waals surface area contributed by atoms with Crippen LogP contribution in [-0.4, -0.2) is 18.2 Å². The summed E-state index contributed by atoms with van der Waals surface area (Å²) in [5, 5.41) is 13.4. The molecule has 0 saturated carbocycles. The van der Waals surface area contributed by atoms with E-state index in [2.05, 4.69) is 5.32 Å². The third-order valence-electron chi connectivity index (χ3n) is 2.34. The van der Waals surface area contributed by atoms with Gasteiger partial charge in [0.1, 0.15) is 0 Å². The van der Waals surface area contributed by atoms with Crippen LogP contribution in [0.25, 0.3) is 0 Å². The van der Waals surface area contributed by atoms with E-state index < -0.39 is 7.12 Å². The third-order valence-corrected chi connectivity index (χ3v) is 2.65. The van der Waals surface area contributed by atoms with Crippen LogP contribution in [0.2, 0.25) is 5.02 Å². The molecule has 0 bridgehead atoms. The van der Waals surface area contributed by atoms with Gasteiger partial charge in [0.15, 0.2) is 0 Å². The van der Waals surface area contributed by atoms with Gasteiger partial charge in [0.05, 0.1) is 17.3 Å². The van der Waals surface area contributed by atoms with Crippen molar-refractivity contribution in [1.82, 2.24) is 0 Å². The molecule has 0 unspecified atom stereocenters. The topological polar surface area (TPSA) is 41.5 Å². The molecule has 5 heteroatoms. The van der Waals surface area contributed by atoms with E-state index in [4.69, 9.17) is 16.3 Å². The number of nitrogens with one attached hydrogen (secondary N) is 1. The smallest absolute Gasteiger partial charge is 0.423 e. The van der Waals surface area contributed by atoms with Gasteiger partial charge in [-0.25, -0.2) is 0 Å². The molecule has 1 aromatic carbocycles. The van der Waals surface area contributed by atoms with E-state index >= 15 is 0 Å². The SMILES string of the molecule is CC(C)Nc1cc2c(cc1Cl)COB2O. The molecule has 0 aromatic heterocycles. The molecule has 0 aliphatic carbocycles. The summed E-state index contributed by atoms with van der Waals surface area (Å²) in [6.45, 7) is 4.51. The normalized spacial score (nSPS) is 14.6. The molecule has 0 fully saturated rings. The van der Waals surface area contributed by atoms with Gasteiger partial charge in [0, 0.05) is 6.04 Å². The van der Waals surface area contributed by atoms with Gasteiger partial charge in [-0.05, 0) is 37.0 Å². The first-order valence-corrected chi connectivity index (χ1v) is 5.34. The second-order valence-corrected chi connectivity index (χ2v) is 4.40. The van der Waals surface area contributed by atoms with Gasteiger partial charge in [-0.15, -0.1) is 0 Å². The molecule has 2 rings (SSSR count). The molecular weight excluding hydrogens is 212 g/mol. The van der Waals surface area contributed by atoms with Gasteiger partial charge < -0.3 is 15.0 Å². The molecule has 1 aliphatic rings. The molecule has 1 aromatic rings. The van der Waals surface area contributed by atoms with Crippen LogP contribution in [0.4, 0.5) is 5.69 Å². The molecule has 0 atom stereocenters. The number of anilines is 1. The molecular formula is C10H13BClNO2. The van der Waals surface area contributed by atoms with Gasteiger partial charge in [-0.3, -0.25) is 0 Å². The second kappa shape index (κ2) is 4.04. The summed E-state index contributed by atoms with van der Waals surface area (Å²) < 4.78 is 5.11. The number of hydrogen-bond donors (Lipinski definition) is 2. The fourth-order valence-corrected chi connectivity index (χ4v) is 1.91. The average Bonchev–Trinajstić information content (AvgIpc) is 2.48. The first-order valence-electron chi connectivity index (χ1n) is 4.96. The zero-order valence-corrected chi connectivity index (χ0v) is 9.51. The first kappa shape index (κ1) is 10.8. The largest absolute Gasteiger partial charge is 0.491 e. The molecule has 2 N–H and O–H groups in total. The average molecular weight is 225 g/mol. The van der Waals surface area contributed by atoms with Crippen molar-refractivity contribution in [1.29, 1.82) is 0 Å². The Morgan fingerprint density at radius 1 is 1.53 bits per heavy atom. The number of fused-ring (bicyclic) bond motifs is 1. The molecule has 0 amide bonds. The number of benzene rings is 1. The molecule has 0 radical (unpaired) electrons. The summed E-state index contributed by atoms with van der Waals surface area (Å²) >= 11 is 6.10. The van der Waals surface area contributed by atoms with E-state index in [0.29, 0.717) is 17.7 Å². The Morgan fingerprint density at radius 3 is 2.93 bits per heavy atom. The predicted octanol–water partition coefficient (Wildman–Crippen LogP) is 1.38. The summed E-state index contributed by atoms with van der Waals surface area (Å²) in [7, 11) is -0.815. The monoisotopic (exact) mass is 225 g/mol. The lowest BCUT2D eigenvalue weighted by molar-refractivity contribution is 0.275. The van der Waals surface area contributed by atoms with E-state index in [9.17, 15) is 5.02 Å². The highest BCUT2D eigenvalue weighted by Crippen LogP contribution is 2.25. The van der Waals surface area contributed by atoms with Crippen LogP contribution >= 0.6 is 11.6 Å². The van der Waals surface area contributed by atoms with Crippen molar-refractivity contribution in [2.75, 3.05) is 5.32 Å². The Morgan fingerprint density at radius 2 is 2.27 bits per heavy atom. The predicted molar refractivity (Wildman–Crippen MR) is 62.6 cm³/mol.